The fourth-order valence-corrected chi connectivity index (χ4v) is 1.05. The van der Waals surface area contributed by atoms with Crippen LogP contribution in [0, 0.1) is 5.92 Å². The second-order valence-electron chi connectivity index (χ2n) is 3.24. The van der Waals surface area contributed by atoms with Crippen LogP contribution in [0.15, 0.2) is 0 Å². The smallest absolute Gasteiger partial charge is 0.0590 e. The van der Waals surface area contributed by atoms with E-state index in [-0.39, 0.29) is 0 Å². The fourth-order valence-electron chi connectivity index (χ4n) is 1.05. The lowest BCUT2D eigenvalue weighted by molar-refractivity contribution is 0.145. The molecule has 0 aliphatic rings. The van der Waals surface area contributed by atoms with Gasteiger partial charge in [-0.05, 0) is 12.8 Å². The van der Waals surface area contributed by atoms with Gasteiger partial charge in [-0.15, -0.1) is 0 Å². The third-order valence-electron chi connectivity index (χ3n) is 1.92. The van der Waals surface area contributed by atoms with Crippen molar-refractivity contribution in [3.05, 3.63) is 0 Å². The minimum absolute atomic E-state index is 0.422. The van der Waals surface area contributed by atoms with Gasteiger partial charge in [0, 0.05) is 25.7 Å². The molecule has 0 aromatic carbocycles. The maximum Gasteiger partial charge on any atom is 0.0590 e. The molecule has 0 radical (unpaired) electrons. The van der Waals surface area contributed by atoms with Gasteiger partial charge in [0.1, 0.15) is 0 Å². The van der Waals surface area contributed by atoms with Gasteiger partial charge in [0.2, 0.25) is 0 Å². The quantitative estimate of drug-likeness (QED) is 0.555. The zero-order valence-corrected chi connectivity index (χ0v) is 8.47. The number of rotatable bonds is 7. The van der Waals surface area contributed by atoms with Gasteiger partial charge in [-0.1, -0.05) is 13.8 Å². The van der Waals surface area contributed by atoms with Crippen molar-refractivity contribution < 1.29 is 4.74 Å². The minimum Gasteiger partial charge on any atom is -0.380 e. The zero-order valence-electron chi connectivity index (χ0n) is 8.47. The van der Waals surface area contributed by atoms with Gasteiger partial charge in [0.05, 0.1) is 6.61 Å². The van der Waals surface area contributed by atoms with Crippen molar-refractivity contribution in [2.75, 3.05) is 26.3 Å². The molecule has 0 spiro atoms. The standard InChI is InChI=1S/C9H22N2O/c1-4-12-6-5-11-9(7-10)8(2)3/h8-9,11H,4-7,10H2,1-3H3. The van der Waals surface area contributed by atoms with Crippen molar-refractivity contribution in [1.29, 1.82) is 0 Å². The summed E-state index contributed by atoms with van der Waals surface area (Å²) in [7, 11) is 0. The molecular weight excluding hydrogens is 152 g/mol. The topological polar surface area (TPSA) is 47.3 Å². The first-order valence-corrected chi connectivity index (χ1v) is 4.73. The molecule has 0 fully saturated rings. The van der Waals surface area contributed by atoms with Crippen molar-refractivity contribution in [1.82, 2.24) is 5.32 Å². The first-order chi connectivity index (χ1) is 5.72. The van der Waals surface area contributed by atoms with E-state index in [4.69, 9.17) is 10.5 Å². The second kappa shape index (κ2) is 7.53. The average Bonchev–Trinajstić information content (AvgIpc) is 2.04. The van der Waals surface area contributed by atoms with Crippen LogP contribution in [0.1, 0.15) is 20.8 Å². The first kappa shape index (κ1) is 11.9. The molecule has 1 atom stereocenters. The Kier molecular flexibility index (Phi) is 7.45. The molecule has 0 heterocycles. The van der Waals surface area contributed by atoms with Crippen LogP contribution in [0.25, 0.3) is 0 Å². The SMILES string of the molecule is CCOCCNC(CN)C(C)C. The molecule has 0 saturated carbocycles. The van der Waals surface area contributed by atoms with Crippen LogP contribution in [0.5, 0.6) is 0 Å². The van der Waals surface area contributed by atoms with Crippen molar-refractivity contribution in [3.8, 4) is 0 Å². The van der Waals surface area contributed by atoms with E-state index in [1.165, 1.54) is 0 Å². The van der Waals surface area contributed by atoms with E-state index >= 15 is 0 Å². The van der Waals surface area contributed by atoms with Gasteiger partial charge in [-0.25, -0.2) is 0 Å². The zero-order chi connectivity index (χ0) is 9.40. The lowest BCUT2D eigenvalue weighted by Crippen LogP contribution is -2.41. The Balaban J connectivity index is 3.32. The Morgan fingerprint density at radius 2 is 2.08 bits per heavy atom. The summed E-state index contributed by atoms with van der Waals surface area (Å²) < 4.78 is 5.20. The number of hydrogen-bond acceptors (Lipinski definition) is 3. The van der Waals surface area contributed by atoms with E-state index in [0.717, 1.165) is 19.8 Å². The van der Waals surface area contributed by atoms with E-state index in [0.29, 0.717) is 18.5 Å². The van der Waals surface area contributed by atoms with Crippen LogP contribution >= 0.6 is 0 Å². The van der Waals surface area contributed by atoms with Gasteiger partial charge in [0.15, 0.2) is 0 Å². The number of hydrogen-bond donors (Lipinski definition) is 2. The predicted molar refractivity (Wildman–Crippen MR) is 52.2 cm³/mol. The van der Waals surface area contributed by atoms with Gasteiger partial charge in [-0.2, -0.15) is 0 Å². The van der Waals surface area contributed by atoms with Crippen molar-refractivity contribution in [2.24, 2.45) is 11.7 Å². The summed E-state index contributed by atoms with van der Waals surface area (Å²) in [6.07, 6.45) is 0. The Morgan fingerprint density at radius 3 is 2.50 bits per heavy atom. The normalized spacial score (nSPS) is 13.8. The Labute approximate surface area is 75.7 Å². The summed E-state index contributed by atoms with van der Waals surface area (Å²) in [5.41, 5.74) is 5.59. The maximum atomic E-state index is 5.59. The lowest BCUT2D eigenvalue weighted by atomic mass is 10.1. The largest absolute Gasteiger partial charge is 0.380 e. The third kappa shape index (κ3) is 5.52. The van der Waals surface area contributed by atoms with E-state index in [2.05, 4.69) is 19.2 Å². The molecule has 0 saturated heterocycles. The monoisotopic (exact) mass is 174 g/mol. The highest BCUT2D eigenvalue weighted by atomic mass is 16.5. The van der Waals surface area contributed by atoms with E-state index in [1.807, 2.05) is 6.92 Å². The molecule has 74 valence electrons. The van der Waals surface area contributed by atoms with Gasteiger partial charge in [-0.3, -0.25) is 0 Å². The average molecular weight is 174 g/mol. The molecule has 1 unspecified atom stereocenters. The molecule has 0 aliphatic carbocycles. The van der Waals surface area contributed by atoms with Crippen LogP contribution in [-0.2, 0) is 4.74 Å². The molecule has 0 bridgehead atoms. The highest BCUT2D eigenvalue weighted by Gasteiger charge is 2.08. The number of nitrogens with two attached hydrogens (primary N) is 1. The van der Waals surface area contributed by atoms with Crippen LogP contribution in [0.3, 0.4) is 0 Å². The maximum absolute atomic E-state index is 5.59. The van der Waals surface area contributed by atoms with Crippen LogP contribution in [-0.4, -0.2) is 32.3 Å². The molecule has 12 heavy (non-hydrogen) atoms. The summed E-state index contributed by atoms with van der Waals surface area (Å²) >= 11 is 0. The lowest BCUT2D eigenvalue weighted by Gasteiger charge is -2.20. The molecule has 0 aromatic heterocycles. The highest BCUT2D eigenvalue weighted by molar-refractivity contribution is 4.70. The molecule has 3 nitrogen and oxygen atoms in total. The van der Waals surface area contributed by atoms with E-state index < -0.39 is 0 Å². The summed E-state index contributed by atoms with van der Waals surface area (Å²) in [6.45, 7) is 9.51. The van der Waals surface area contributed by atoms with Gasteiger partial charge >= 0.3 is 0 Å². The molecule has 0 aromatic rings. The van der Waals surface area contributed by atoms with Crippen LogP contribution in [0.2, 0.25) is 0 Å². The van der Waals surface area contributed by atoms with E-state index in [1.54, 1.807) is 0 Å². The Morgan fingerprint density at radius 1 is 1.42 bits per heavy atom. The molecular formula is C9H22N2O. The van der Waals surface area contributed by atoms with E-state index in [9.17, 15) is 0 Å². The molecule has 3 heteroatoms. The van der Waals surface area contributed by atoms with Crippen LogP contribution < -0.4 is 11.1 Å². The molecule has 3 N–H and O–H groups in total. The summed E-state index contributed by atoms with van der Waals surface area (Å²) in [6, 6.07) is 0.422. The third-order valence-corrected chi connectivity index (χ3v) is 1.92. The summed E-state index contributed by atoms with van der Waals surface area (Å²) in [4.78, 5) is 0. The molecule has 0 rings (SSSR count). The van der Waals surface area contributed by atoms with Crippen molar-refractivity contribution in [2.45, 2.75) is 26.8 Å². The Bertz CT molecular complexity index is 96.5. The number of ether oxygens (including phenoxy) is 1. The minimum atomic E-state index is 0.422. The predicted octanol–water partition coefficient (Wildman–Crippen LogP) is 0.596. The van der Waals surface area contributed by atoms with Gasteiger partial charge in [0.25, 0.3) is 0 Å². The van der Waals surface area contributed by atoms with Crippen molar-refractivity contribution in [3.63, 3.8) is 0 Å². The fraction of sp³-hybridized carbons (Fsp3) is 1.00. The van der Waals surface area contributed by atoms with Crippen LogP contribution in [0.4, 0.5) is 0 Å². The van der Waals surface area contributed by atoms with Crippen molar-refractivity contribution >= 4 is 0 Å². The first-order valence-electron chi connectivity index (χ1n) is 4.73. The molecule has 0 aliphatic heterocycles. The van der Waals surface area contributed by atoms with Gasteiger partial charge < -0.3 is 15.8 Å². The molecule has 0 amide bonds. The summed E-state index contributed by atoms with van der Waals surface area (Å²) in [5.74, 6) is 0.594. The second-order valence-corrected chi connectivity index (χ2v) is 3.24. The number of nitrogens with one attached hydrogen (secondary N) is 1. The summed E-state index contributed by atoms with van der Waals surface area (Å²) in [5, 5.41) is 3.35. The highest BCUT2D eigenvalue weighted by Crippen LogP contribution is 1.98. The Hall–Kier alpha value is -0.120.